The predicted octanol–water partition coefficient (Wildman–Crippen LogP) is 2.47. The largest absolute Gasteiger partial charge is 0.432 e. The number of aromatic nitrogens is 5. The van der Waals surface area contributed by atoms with E-state index in [2.05, 4.69) is 20.1 Å². The first-order valence-electron chi connectivity index (χ1n) is 6.64. The molecule has 0 saturated heterocycles. The van der Waals surface area contributed by atoms with Gasteiger partial charge in [-0.25, -0.2) is 4.39 Å². The van der Waals surface area contributed by atoms with E-state index in [1.807, 2.05) is 0 Å². The standard InChI is InChI=1S/C14H12F3N5O/c1-21-7-10(18-20-21)8-22-5-4-12(19-22)9-2-3-13(11(15)6-9)23-14(16)17/h2-7,14H,8H2,1H3. The lowest BCUT2D eigenvalue weighted by Crippen LogP contribution is -2.03. The molecule has 1 aromatic carbocycles. The summed E-state index contributed by atoms with van der Waals surface area (Å²) in [4.78, 5) is 0. The number of halogens is 3. The summed E-state index contributed by atoms with van der Waals surface area (Å²) in [6, 6.07) is 5.42. The van der Waals surface area contributed by atoms with Crippen LogP contribution in [0.25, 0.3) is 11.3 Å². The van der Waals surface area contributed by atoms with Crippen LogP contribution in [0.3, 0.4) is 0 Å². The predicted molar refractivity (Wildman–Crippen MR) is 74.4 cm³/mol. The minimum absolute atomic E-state index is 0.420. The van der Waals surface area contributed by atoms with Crippen LogP contribution in [0.4, 0.5) is 13.2 Å². The molecule has 0 spiro atoms. The van der Waals surface area contributed by atoms with Crippen molar-refractivity contribution in [3.63, 3.8) is 0 Å². The van der Waals surface area contributed by atoms with Crippen molar-refractivity contribution in [3.05, 3.63) is 48.2 Å². The van der Waals surface area contributed by atoms with E-state index in [4.69, 9.17) is 0 Å². The third-order valence-corrected chi connectivity index (χ3v) is 3.06. The van der Waals surface area contributed by atoms with Gasteiger partial charge in [-0.05, 0) is 24.3 Å². The summed E-state index contributed by atoms with van der Waals surface area (Å²) < 4.78 is 45.3. The molecule has 0 bridgehead atoms. The summed E-state index contributed by atoms with van der Waals surface area (Å²) in [6.07, 6.45) is 3.48. The van der Waals surface area contributed by atoms with Gasteiger partial charge in [0, 0.05) is 25.0 Å². The summed E-state index contributed by atoms with van der Waals surface area (Å²) in [6.45, 7) is -2.65. The molecule has 23 heavy (non-hydrogen) atoms. The van der Waals surface area contributed by atoms with Gasteiger partial charge in [0.25, 0.3) is 0 Å². The smallest absolute Gasteiger partial charge is 0.387 e. The Bertz CT molecular complexity index is 814. The van der Waals surface area contributed by atoms with Crippen molar-refractivity contribution in [3.8, 4) is 17.0 Å². The van der Waals surface area contributed by atoms with E-state index in [9.17, 15) is 13.2 Å². The Morgan fingerprint density at radius 2 is 2.09 bits per heavy atom. The molecule has 0 unspecified atom stereocenters. The molecular formula is C14H12F3N5O. The average molecular weight is 323 g/mol. The van der Waals surface area contributed by atoms with Gasteiger partial charge in [0.05, 0.1) is 12.2 Å². The van der Waals surface area contributed by atoms with Crippen molar-refractivity contribution >= 4 is 0 Å². The minimum atomic E-state index is -3.07. The van der Waals surface area contributed by atoms with Gasteiger partial charge < -0.3 is 4.74 Å². The van der Waals surface area contributed by atoms with E-state index in [0.717, 1.165) is 17.8 Å². The molecule has 9 heteroatoms. The zero-order chi connectivity index (χ0) is 16.4. The number of nitrogens with zero attached hydrogens (tertiary/aromatic N) is 5. The number of alkyl halides is 2. The van der Waals surface area contributed by atoms with Crippen LogP contribution >= 0.6 is 0 Å². The second-order valence-electron chi connectivity index (χ2n) is 4.81. The average Bonchev–Trinajstić information content (AvgIpc) is 3.10. The van der Waals surface area contributed by atoms with Gasteiger partial charge in [0.15, 0.2) is 11.6 Å². The fraction of sp³-hybridized carbons (Fsp3) is 0.214. The van der Waals surface area contributed by atoms with Crippen molar-refractivity contribution in [1.82, 2.24) is 24.8 Å². The highest BCUT2D eigenvalue weighted by Gasteiger charge is 2.12. The first-order chi connectivity index (χ1) is 11.0. The van der Waals surface area contributed by atoms with Crippen molar-refractivity contribution in [1.29, 1.82) is 0 Å². The monoisotopic (exact) mass is 323 g/mol. The number of hydrogen-bond donors (Lipinski definition) is 0. The molecule has 3 aromatic rings. The van der Waals surface area contributed by atoms with Gasteiger partial charge in [0.2, 0.25) is 0 Å². The lowest BCUT2D eigenvalue weighted by molar-refractivity contribution is -0.0521. The fourth-order valence-electron chi connectivity index (χ4n) is 2.09. The van der Waals surface area contributed by atoms with Gasteiger partial charge in [-0.3, -0.25) is 9.36 Å². The van der Waals surface area contributed by atoms with Crippen LogP contribution in [0.1, 0.15) is 5.69 Å². The van der Waals surface area contributed by atoms with Crippen molar-refractivity contribution in [2.75, 3.05) is 0 Å². The Hall–Kier alpha value is -2.84. The summed E-state index contributed by atoms with van der Waals surface area (Å²) in [5.41, 5.74) is 1.70. The Morgan fingerprint density at radius 3 is 2.74 bits per heavy atom. The molecule has 0 aliphatic heterocycles. The zero-order valence-electron chi connectivity index (χ0n) is 12.0. The highest BCUT2D eigenvalue weighted by atomic mass is 19.3. The van der Waals surface area contributed by atoms with E-state index < -0.39 is 18.2 Å². The van der Waals surface area contributed by atoms with Crippen LogP contribution < -0.4 is 4.74 Å². The van der Waals surface area contributed by atoms with Gasteiger partial charge in [-0.2, -0.15) is 13.9 Å². The van der Waals surface area contributed by atoms with E-state index in [1.54, 1.807) is 34.9 Å². The molecule has 120 valence electrons. The van der Waals surface area contributed by atoms with Gasteiger partial charge in [0.1, 0.15) is 5.69 Å². The maximum Gasteiger partial charge on any atom is 0.387 e. The first-order valence-corrected chi connectivity index (χ1v) is 6.64. The van der Waals surface area contributed by atoms with Crippen LogP contribution in [0.5, 0.6) is 5.75 Å². The van der Waals surface area contributed by atoms with E-state index in [1.165, 1.54) is 6.07 Å². The second kappa shape index (κ2) is 6.11. The Morgan fingerprint density at radius 1 is 1.26 bits per heavy atom. The highest BCUT2D eigenvalue weighted by molar-refractivity contribution is 5.59. The summed E-state index contributed by atoms with van der Waals surface area (Å²) in [5.74, 6) is -1.37. The van der Waals surface area contributed by atoms with Crippen molar-refractivity contribution in [2.45, 2.75) is 13.2 Å². The maximum absolute atomic E-state index is 13.7. The molecule has 2 heterocycles. The van der Waals surface area contributed by atoms with E-state index >= 15 is 0 Å². The van der Waals surface area contributed by atoms with Crippen molar-refractivity contribution < 1.29 is 17.9 Å². The second-order valence-corrected chi connectivity index (χ2v) is 4.81. The molecule has 0 N–H and O–H groups in total. The lowest BCUT2D eigenvalue weighted by Gasteiger charge is -2.06. The molecule has 0 atom stereocenters. The molecule has 0 saturated carbocycles. The van der Waals surface area contributed by atoms with Gasteiger partial charge in [-0.1, -0.05) is 5.21 Å². The number of rotatable bonds is 5. The normalized spacial score (nSPS) is 11.2. The van der Waals surface area contributed by atoms with Crippen LogP contribution in [-0.4, -0.2) is 31.4 Å². The molecule has 0 amide bonds. The Balaban J connectivity index is 1.78. The van der Waals surface area contributed by atoms with Gasteiger partial charge in [-0.15, -0.1) is 5.10 Å². The van der Waals surface area contributed by atoms with Crippen molar-refractivity contribution in [2.24, 2.45) is 7.05 Å². The molecule has 6 nitrogen and oxygen atoms in total. The van der Waals surface area contributed by atoms with Crippen LogP contribution in [-0.2, 0) is 13.6 Å². The number of hydrogen-bond acceptors (Lipinski definition) is 4. The highest BCUT2D eigenvalue weighted by Crippen LogP contribution is 2.25. The topological polar surface area (TPSA) is 57.8 Å². The third kappa shape index (κ3) is 3.50. The maximum atomic E-state index is 13.7. The summed E-state index contributed by atoms with van der Waals surface area (Å²) in [5, 5.41) is 12.1. The van der Waals surface area contributed by atoms with E-state index in [0.29, 0.717) is 17.8 Å². The summed E-state index contributed by atoms with van der Waals surface area (Å²) in [7, 11) is 1.76. The number of aryl methyl sites for hydroxylation is 1. The SMILES string of the molecule is Cn1cc(Cn2ccc(-c3ccc(OC(F)F)c(F)c3)n2)nn1. The molecule has 0 aliphatic carbocycles. The molecule has 0 fully saturated rings. The van der Waals surface area contributed by atoms with E-state index in [-0.39, 0.29) is 0 Å². The Labute approximate surface area is 129 Å². The third-order valence-electron chi connectivity index (χ3n) is 3.06. The molecule has 0 aliphatic rings. The van der Waals surface area contributed by atoms with Crippen LogP contribution in [0.15, 0.2) is 36.7 Å². The molecular weight excluding hydrogens is 311 g/mol. The lowest BCUT2D eigenvalue weighted by atomic mass is 10.1. The van der Waals surface area contributed by atoms with Gasteiger partial charge >= 0.3 is 6.61 Å². The summed E-state index contributed by atoms with van der Waals surface area (Å²) >= 11 is 0. The molecule has 2 aromatic heterocycles. The van der Waals surface area contributed by atoms with Crippen LogP contribution in [0, 0.1) is 5.82 Å². The Kier molecular flexibility index (Phi) is 4.00. The first kappa shape index (κ1) is 15.1. The van der Waals surface area contributed by atoms with Crippen LogP contribution in [0.2, 0.25) is 0 Å². The fourth-order valence-corrected chi connectivity index (χ4v) is 2.09. The quantitative estimate of drug-likeness (QED) is 0.724. The molecule has 3 rings (SSSR count). The zero-order valence-corrected chi connectivity index (χ0v) is 12.0. The number of benzene rings is 1. The minimum Gasteiger partial charge on any atom is -0.432 e. The number of ether oxygens (including phenoxy) is 1. The molecule has 0 radical (unpaired) electrons.